The number of rotatable bonds is 8. The minimum Gasteiger partial charge on any atom is -0.489 e. The van der Waals surface area contributed by atoms with Crippen LogP contribution in [0.1, 0.15) is 19.4 Å². The van der Waals surface area contributed by atoms with E-state index in [-0.39, 0.29) is 5.41 Å². The van der Waals surface area contributed by atoms with Gasteiger partial charge in [0.2, 0.25) is 0 Å². The smallest absolute Gasteiger partial charge is 0.191 e. The molecule has 1 fully saturated rings. The summed E-state index contributed by atoms with van der Waals surface area (Å²) >= 11 is 0. The zero-order valence-corrected chi connectivity index (χ0v) is 14.1. The maximum Gasteiger partial charge on any atom is 0.191 e. The highest BCUT2D eigenvalue weighted by atomic mass is 16.5. The highest BCUT2D eigenvalue weighted by Crippen LogP contribution is 2.25. The molecule has 5 heteroatoms. The quantitative estimate of drug-likeness (QED) is 0.439. The molecule has 1 heterocycles. The van der Waals surface area contributed by atoms with Crippen molar-refractivity contribution in [2.45, 2.75) is 20.4 Å². The maximum atomic E-state index is 5.67. The fourth-order valence-electron chi connectivity index (χ4n) is 2.28. The summed E-state index contributed by atoms with van der Waals surface area (Å²) in [4.78, 5) is 4.66. The van der Waals surface area contributed by atoms with Crippen molar-refractivity contribution in [3.05, 3.63) is 42.5 Å². The minimum atomic E-state index is 0.209. The Hall–Kier alpha value is -2.01. The second kappa shape index (κ2) is 8.58. The first kappa shape index (κ1) is 17.3. The van der Waals surface area contributed by atoms with Crippen molar-refractivity contribution >= 4 is 5.96 Å². The number of nitrogens with one attached hydrogen (secondary N) is 2. The van der Waals surface area contributed by atoms with Crippen molar-refractivity contribution in [1.29, 1.82) is 0 Å². The average molecular weight is 317 g/mol. The normalized spacial score (nSPS) is 16.3. The summed E-state index contributed by atoms with van der Waals surface area (Å²) in [6.45, 7) is 12.3. The van der Waals surface area contributed by atoms with Crippen LogP contribution in [0.25, 0.3) is 0 Å². The number of aliphatic imine (C=N–C) groups is 1. The van der Waals surface area contributed by atoms with Crippen molar-refractivity contribution < 1.29 is 9.47 Å². The van der Waals surface area contributed by atoms with Crippen molar-refractivity contribution in [3.63, 3.8) is 0 Å². The summed E-state index contributed by atoms with van der Waals surface area (Å²) in [7, 11) is 0. The van der Waals surface area contributed by atoms with Gasteiger partial charge in [-0.05, 0) is 13.0 Å². The van der Waals surface area contributed by atoms with Crippen LogP contribution in [0.5, 0.6) is 5.75 Å². The summed E-state index contributed by atoms with van der Waals surface area (Å²) in [6, 6.07) is 7.96. The lowest BCUT2D eigenvalue weighted by atomic mass is 9.89. The molecule has 0 bridgehead atoms. The maximum absolute atomic E-state index is 5.67. The van der Waals surface area contributed by atoms with Crippen molar-refractivity contribution in [3.8, 4) is 5.75 Å². The molecule has 0 aliphatic carbocycles. The van der Waals surface area contributed by atoms with E-state index < -0.39 is 0 Å². The molecule has 5 nitrogen and oxygen atoms in total. The van der Waals surface area contributed by atoms with Gasteiger partial charge in [-0.1, -0.05) is 37.8 Å². The van der Waals surface area contributed by atoms with Crippen LogP contribution < -0.4 is 15.4 Å². The third kappa shape index (κ3) is 5.28. The molecule has 0 radical (unpaired) electrons. The Labute approximate surface area is 138 Å². The van der Waals surface area contributed by atoms with E-state index in [2.05, 4.69) is 36.1 Å². The molecule has 2 rings (SSSR count). The lowest BCUT2D eigenvalue weighted by molar-refractivity contribution is -0.0971. The van der Waals surface area contributed by atoms with Crippen molar-refractivity contribution in [2.75, 3.05) is 32.9 Å². The topological polar surface area (TPSA) is 54.9 Å². The first-order valence-electron chi connectivity index (χ1n) is 8.08. The Morgan fingerprint density at radius 1 is 1.39 bits per heavy atom. The minimum absolute atomic E-state index is 0.209. The van der Waals surface area contributed by atoms with Gasteiger partial charge >= 0.3 is 0 Å². The Morgan fingerprint density at radius 3 is 2.83 bits per heavy atom. The van der Waals surface area contributed by atoms with Crippen LogP contribution >= 0.6 is 0 Å². The summed E-state index contributed by atoms with van der Waals surface area (Å²) in [5, 5.41) is 6.68. The number of para-hydroxylation sites is 1. The van der Waals surface area contributed by atoms with Crippen LogP contribution in [0.15, 0.2) is 41.9 Å². The van der Waals surface area contributed by atoms with Crippen LogP contribution in [0, 0.1) is 5.41 Å². The van der Waals surface area contributed by atoms with E-state index in [1.54, 1.807) is 6.08 Å². The lowest BCUT2D eigenvalue weighted by Crippen LogP contribution is -2.51. The van der Waals surface area contributed by atoms with Gasteiger partial charge < -0.3 is 20.1 Å². The molecule has 0 aromatic heterocycles. The average Bonchev–Trinajstić information content (AvgIpc) is 2.54. The van der Waals surface area contributed by atoms with Crippen LogP contribution in [0.4, 0.5) is 0 Å². The van der Waals surface area contributed by atoms with E-state index >= 15 is 0 Å². The van der Waals surface area contributed by atoms with E-state index in [4.69, 9.17) is 9.47 Å². The predicted molar refractivity (Wildman–Crippen MR) is 93.9 cm³/mol. The van der Waals surface area contributed by atoms with Gasteiger partial charge in [0.25, 0.3) is 0 Å². The van der Waals surface area contributed by atoms with E-state index in [1.165, 1.54) is 0 Å². The number of hydrogen-bond acceptors (Lipinski definition) is 3. The summed E-state index contributed by atoms with van der Waals surface area (Å²) in [5.41, 5.74) is 1.27. The fraction of sp³-hybridized carbons (Fsp3) is 0.500. The van der Waals surface area contributed by atoms with Gasteiger partial charge in [0.15, 0.2) is 5.96 Å². The molecule has 0 amide bonds. The van der Waals surface area contributed by atoms with E-state index in [0.717, 1.165) is 43.6 Å². The van der Waals surface area contributed by atoms with Crippen LogP contribution in [0.2, 0.25) is 0 Å². The summed E-state index contributed by atoms with van der Waals surface area (Å²) < 4.78 is 11.0. The molecule has 0 saturated carbocycles. The molecule has 0 spiro atoms. The Kier molecular flexibility index (Phi) is 6.47. The van der Waals surface area contributed by atoms with Gasteiger partial charge in [0.1, 0.15) is 12.4 Å². The second-order valence-electron chi connectivity index (χ2n) is 6.06. The van der Waals surface area contributed by atoms with E-state index in [1.807, 2.05) is 24.3 Å². The first-order valence-corrected chi connectivity index (χ1v) is 8.08. The molecule has 0 atom stereocenters. The summed E-state index contributed by atoms with van der Waals surface area (Å²) in [6.07, 6.45) is 1.74. The summed E-state index contributed by atoms with van der Waals surface area (Å²) in [5.74, 6) is 1.67. The van der Waals surface area contributed by atoms with Crippen molar-refractivity contribution in [1.82, 2.24) is 10.6 Å². The number of nitrogens with zero attached hydrogens (tertiary/aromatic N) is 1. The van der Waals surface area contributed by atoms with Gasteiger partial charge in [-0.15, -0.1) is 0 Å². The monoisotopic (exact) mass is 317 g/mol. The van der Waals surface area contributed by atoms with Gasteiger partial charge in [-0.3, -0.25) is 0 Å². The Balaban J connectivity index is 1.97. The standard InChI is InChI=1S/C18H27N3O2/c1-4-10-23-16-9-7-6-8-15(16)11-20-17(19-5-2)21-12-18(3)13-22-14-18/h4,6-9H,1,5,10-14H2,2-3H3,(H2,19,20,21). The van der Waals surface area contributed by atoms with Gasteiger partial charge in [-0.2, -0.15) is 0 Å². The zero-order chi connectivity index (χ0) is 16.5. The van der Waals surface area contributed by atoms with Crippen molar-refractivity contribution in [2.24, 2.45) is 10.4 Å². The molecule has 23 heavy (non-hydrogen) atoms. The molecular formula is C18H27N3O2. The second-order valence-corrected chi connectivity index (χ2v) is 6.06. The molecule has 2 N–H and O–H groups in total. The van der Waals surface area contributed by atoms with Crippen LogP contribution in [-0.2, 0) is 11.3 Å². The van der Waals surface area contributed by atoms with Crippen LogP contribution in [-0.4, -0.2) is 38.9 Å². The lowest BCUT2D eigenvalue weighted by Gasteiger charge is -2.38. The SMILES string of the molecule is C=CCOc1ccccc1CN=C(NCC)NCC1(C)COC1. The number of hydrogen-bond donors (Lipinski definition) is 2. The molecule has 1 aliphatic heterocycles. The zero-order valence-electron chi connectivity index (χ0n) is 14.1. The number of benzene rings is 1. The number of guanidine groups is 1. The molecule has 0 unspecified atom stereocenters. The molecule has 1 aliphatic rings. The largest absolute Gasteiger partial charge is 0.489 e. The first-order chi connectivity index (χ1) is 11.2. The van der Waals surface area contributed by atoms with Gasteiger partial charge in [0.05, 0.1) is 19.8 Å². The molecule has 1 aromatic rings. The highest BCUT2D eigenvalue weighted by Gasteiger charge is 2.33. The van der Waals surface area contributed by atoms with E-state index in [0.29, 0.717) is 13.2 Å². The third-order valence-electron chi connectivity index (χ3n) is 3.66. The molecular weight excluding hydrogens is 290 g/mol. The highest BCUT2D eigenvalue weighted by molar-refractivity contribution is 5.79. The van der Waals surface area contributed by atoms with E-state index in [9.17, 15) is 0 Å². The number of ether oxygens (including phenoxy) is 2. The predicted octanol–water partition coefficient (Wildman–Crippen LogP) is 2.34. The Morgan fingerprint density at radius 2 is 2.17 bits per heavy atom. The molecule has 126 valence electrons. The molecule has 1 aromatic carbocycles. The van der Waals surface area contributed by atoms with Gasteiger partial charge in [-0.25, -0.2) is 4.99 Å². The van der Waals surface area contributed by atoms with Crippen LogP contribution in [0.3, 0.4) is 0 Å². The van der Waals surface area contributed by atoms with Gasteiger partial charge in [0, 0.05) is 24.1 Å². The third-order valence-corrected chi connectivity index (χ3v) is 3.66. The Bertz CT molecular complexity index is 539. The fourth-order valence-corrected chi connectivity index (χ4v) is 2.28. The molecule has 1 saturated heterocycles.